The van der Waals surface area contributed by atoms with Gasteiger partial charge in [-0.15, -0.1) is 0 Å². The molecule has 32 heavy (non-hydrogen) atoms. The van der Waals surface area contributed by atoms with E-state index in [1.807, 2.05) is 6.20 Å². The summed E-state index contributed by atoms with van der Waals surface area (Å²) >= 11 is 0. The molecule has 0 spiro atoms. The van der Waals surface area contributed by atoms with Crippen LogP contribution < -0.4 is 0 Å². The molecule has 160 valence electrons. The van der Waals surface area contributed by atoms with Crippen LogP contribution in [0.3, 0.4) is 0 Å². The highest BCUT2D eigenvalue weighted by atomic mass is 14.6. The number of aromatic nitrogens is 1. The second-order valence-corrected chi connectivity index (χ2v) is 9.85. The van der Waals surface area contributed by atoms with Crippen LogP contribution in [0.4, 0.5) is 0 Å². The Morgan fingerprint density at radius 1 is 0.938 bits per heavy atom. The molecule has 1 nitrogen and oxygen atoms in total. The van der Waals surface area contributed by atoms with E-state index in [0.717, 1.165) is 12.8 Å². The molecule has 1 heteroatoms. The summed E-state index contributed by atoms with van der Waals surface area (Å²) in [5.74, 6) is 2.56. The SMILES string of the molecule is CC1CCC=CC1C1=C(C2C=C3C(=CC2)C2C=CC=CC2c2cnccc23)C=CC=CC1. The van der Waals surface area contributed by atoms with Gasteiger partial charge in [-0.05, 0) is 65.5 Å². The minimum absolute atomic E-state index is 0.411. The maximum Gasteiger partial charge on any atom is 0.0312 e. The second kappa shape index (κ2) is 8.20. The van der Waals surface area contributed by atoms with Crippen LogP contribution in [0.1, 0.15) is 49.7 Å². The summed E-state index contributed by atoms with van der Waals surface area (Å²) in [5.41, 5.74) is 8.86. The fourth-order valence-corrected chi connectivity index (χ4v) is 6.40. The standard InChI is InChI=1S/C31H31N/c1-21-9-5-6-10-23(21)25-12-4-2-3-11-24(25)22-15-16-28-26-13-7-8-14-27(26)31-20-32-18-17-29(31)30(28)19-22/h2-4,6-8,10-11,13-14,16-23,26-27H,5,9,12,15H2,1H3. The minimum Gasteiger partial charge on any atom is -0.264 e. The lowest BCUT2D eigenvalue weighted by Gasteiger charge is -2.38. The molecule has 0 saturated heterocycles. The number of hydrogen-bond donors (Lipinski definition) is 0. The first-order valence-electron chi connectivity index (χ1n) is 12.3. The predicted molar refractivity (Wildman–Crippen MR) is 134 cm³/mol. The fraction of sp³-hybridized carbons (Fsp3) is 0.323. The lowest BCUT2D eigenvalue weighted by Crippen LogP contribution is -2.24. The Bertz CT molecular complexity index is 1160. The summed E-state index contributed by atoms with van der Waals surface area (Å²) < 4.78 is 0. The van der Waals surface area contributed by atoms with Crippen molar-refractivity contribution in [2.24, 2.45) is 23.7 Å². The van der Waals surface area contributed by atoms with Crippen LogP contribution in [-0.4, -0.2) is 4.98 Å². The van der Waals surface area contributed by atoms with Crippen molar-refractivity contribution < 1.29 is 0 Å². The van der Waals surface area contributed by atoms with Crippen molar-refractivity contribution in [2.45, 2.75) is 38.5 Å². The summed E-state index contributed by atoms with van der Waals surface area (Å²) in [4.78, 5) is 4.49. The molecule has 0 amide bonds. The maximum atomic E-state index is 4.49. The summed E-state index contributed by atoms with van der Waals surface area (Å²) in [6, 6.07) is 2.23. The van der Waals surface area contributed by atoms with Crippen LogP contribution in [0.15, 0.2) is 108 Å². The lowest BCUT2D eigenvalue weighted by atomic mass is 9.65. The van der Waals surface area contributed by atoms with E-state index in [1.54, 1.807) is 5.57 Å². The fourth-order valence-electron chi connectivity index (χ4n) is 6.40. The van der Waals surface area contributed by atoms with Crippen LogP contribution in [0, 0.1) is 23.7 Å². The smallest absolute Gasteiger partial charge is 0.0312 e. The van der Waals surface area contributed by atoms with Crippen LogP contribution in [0.25, 0.3) is 5.57 Å². The Hall–Kier alpha value is -2.93. The first kappa shape index (κ1) is 19.7. The zero-order valence-electron chi connectivity index (χ0n) is 18.8. The summed E-state index contributed by atoms with van der Waals surface area (Å²) in [5, 5.41) is 0. The molecule has 1 heterocycles. The third-order valence-electron chi connectivity index (χ3n) is 8.04. The monoisotopic (exact) mass is 417 g/mol. The highest BCUT2D eigenvalue weighted by Crippen LogP contribution is 2.51. The molecule has 6 rings (SSSR count). The molecule has 5 atom stereocenters. The first-order chi connectivity index (χ1) is 15.8. The Balaban J connectivity index is 1.46. The molecule has 0 N–H and O–H groups in total. The van der Waals surface area contributed by atoms with E-state index in [-0.39, 0.29) is 0 Å². The zero-order chi connectivity index (χ0) is 21.5. The van der Waals surface area contributed by atoms with Gasteiger partial charge in [-0.2, -0.15) is 0 Å². The molecule has 0 aliphatic heterocycles. The molecule has 0 radical (unpaired) electrons. The van der Waals surface area contributed by atoms with E-state index >= 15 is 0 Å². The lowest BCUT2D eigenvalue weighted by molar-refractivity contribution is 0.422. The van der Waals surface area contributed by atoms with E-state index in [4.69, 9.17) is 0 Å². The molecule has 1 aromatic rings. The number of fused-ring (bicyclic) bond motifs is 6. The highest BCUT2D eigenvalue weighted by molar-refractivity contribution is 5.86. The van der Waals surface area contributed by atoms with E-state index in [0.29, 0.717) is 29.6 Å². The third-order valence-corrected chi connectivity index (χ3v) is 8.04. The molecule has 5 unspecified atom stereocenters. The van der Waals surface area contributed by atoms with Gasteiger partial charge in [-0.3, -0.25) is 4.98 Å². The Kier molecular flexibility index (Phi) is 5.06. The molecule has 0 fully saturated rings. The van der Waals surface area contributed by atoms with Crippen molar-refractivity contribution in [3.8, 4) is 0 Å². The quantitative estimate of drug-likeness (QED) is 0.450. The van der Waals surface area contributed by atoms with Crippen LogP contribution in [0.2, 0.25) is 0 Å². The number of nitrogens with zero attached hydrogens (tertiary/aromatic N) is 1. The van der Waals surface area contributed by atoms with Crippen LogP contribution >= 0.6 is 0 Å². The van der Waals surface area contributed by atoms with Gasteiger partial charge < -0.3 is 0 Å². The molecule has 1 aromatic heterocycles. The van der Waals surface area contributed by atoms with E-state index in [1.165, 1.54) is 40.7 Å². The molecule has 0 bridgehead atoms. The molecule has 0 saturated carbocycles. The topological polar surface area (TPSA) is 12.9 Å². The molecular formula is C31H31N. The molecule has 5 aliphatic rings. The van der Waals surface area contributed by atoms with Crippen LogP contribution in [0.5, 0.6) is 0 Å². The average molecular weight is 418 g/mol. The Morgan fingerprint density at radius 2 is 1.84 bits per heavy atom. The van der Waals surface area contributed by atoms with Crippen LogP contribution in [-0.2, 0) is 0 Å². The third kappa shape index (κ3) is 3.26. The van der Waals surface area contributed by atoms with E-state index in [9.17, 15) is 0 Å². The second-order valence-electron chi connectivity index (χ2n) is 9.85. The normalized spacial score (nSPS) is 32.6. The van der Waals surface area contributed by atoms with Crippen molar-refractivity contribution in [3.05, 3.63) is 119 Å². The van der Waals surface area contributed by atoms with Gasteiger partial charge in [0.15, 0.2) is 0 Å². The summed E-state index contributed by atoms with van der Waals surface area (Å²) in [6.07, 6.45) is 37.1. The first-order valence-corrected chi connectivity index (χ1v) is 12.3. The average Bonchev–Trinajstić information content (AvgIpc) is 3.10. The molecule has 5 aliphatic carbocycles. The predicted octanol–water partition coefficient (Wildman–Crippen LogP) is 7.67. The summed E-state index contributed by atoms with van der Waals surface area (Å²) in [7, 11) is 0. The van der Waals surface area contributed by atoms with Gasteiger partial charge >= 0.3 is 0 Å². The van der Waals surface area contributed by atoms with Gasteiger partial charge in [-0.25, -0.2) is 0 Å². The Morgan fingerprint density at radius 3 is 2.75 bits per heavy atom. The largest absolute Gasteiger partial charge is 0.264 e. The van der Waals surface area contributed by atoms with Gasteiger partial charge in [0, 0.05) is 36.1 Å². The van der Waals surface area contributed by atoms with Crippen molar-refractivity contribution in [1.82, 2.24) is 4.98 Å². The van der Waals surface area contributed by atoms with Gasteiger partial charge in [0.05, 0.1) is 0 Å². The molecule has 0 aromatic carbocycles. The maximum absolute atomic E-state index is 4.49. The minimum atomic E-state index is 0.411. The number of rotatable bonds is 2. The molecular weight excluding hydrogens is 386 g/mol. The number of allylic oxidation sites excluding steroid dienone is 16. The number of hydrogen-bond acceptors (Lipinski definition) is 1. The Labute approximate surface area is 192 Å². The van der Waals surface area contributed by atoms with Gasteiger partial charge in [-0.1, -0.05) is 85.4 Å². The van der Waals surface area contributed by atoms with Crippen molar-refractivity contribution in [3.63, 3.8) is 0 Å². The van der Waals surface area contributed by atoms with Gasteiger partial charge in [0.1, 0.15) is 0 Å². The van der Waals surface area contributed by atoms with Crippen molar-refractivity contribution in [2.75, 3.05) is 0 Å². The number of pyridine rings is 1. The van der Waals surface area contributed by atoms with E-state index in [2.05, 4.69) is 97.1 Å². The summed E-state index contributed by atoms with van der Waals surface area (Å²) in [6.45, 7) is 2.43. The zero-order valence-corrected chi connectivity index (χ0v) is 18.8. The van der Waals surface area contributed by atoms with E-state index < -0.39 is 0 Å². The van der Waals surface area contributed by atoms with Crippen molar-refractivity contribution in [1.29, 1.82) is 0 Å². The highest BCUT2D eigenvalue weighted by Gasteiger charge is 2.36. The van der Waals surface area contributed by atoms with Gasteiger partial charge in [0.25, 0.3) is 0 Å². The van der Waals surface area contributed by atoms with Crippen molar-refractivity contribution >= 4 is 5.57 Å². The van der Waals surface area contributed by atoms with Gasteiger partial charge in [0.2, 0.25) is 0 Å².